The van der Waals surface area contributed by atoms with Crippen LogP contribution in [0.1, 0.15) is 35.5 Å². The fourth-order valence-electron chi connectivity index (χ4n) is 3.20. The number of imidazole rings is 1. The predicted molar refractivity (Wildman–Crippen MR) is 99.3 cm³/mol. The van der Waals surface area contributed by atoms with Crippen molar-refractivity contribution < 1.29 is 14.0 Å². The van der Waals surface area contributed by atoms with Gasteiger partial charge in [0.1, 0.15) is 29.2 Å². The lowest BCUT2D eigenvalue weighted by molar-refractivity contribution is 0.293. The van der Waals surface area contributed by atoms with E-state index in [1.165, 1.54) is 0 Å². The van der Waals surface area contributed by atoms with Crippen LogP contribution in [0.5, 0.6) is 11.8 Å². The molecule has 0 spiro atoms. The van der Waals surface area contributed by atoms with Gasteiger partial charge in [-0.2, -0.15) is 4.98 Å². The SMILES string of the molecule is CCc1nc(C)c2c(OCc3c(C)noc3C)nc3ccc(OC)nc3n12. The minimum Gasteiger partial charge on any atom is -0.481 e. The van der Waals surface area contributed by atoms with Crippen molar-refractivity contribution in [1.82, 2.24) is 24.5 Å². The van der Waals surface area contributed by atoms with Gasteiger partial charge in [0.05, 0.1) is 24.1 Å². The Morgan fingerprint density at radius 2 is 1.89 bits per heavy atom. The van der Waals surface area contributed by atoms with Crippen molar-refractivity contribution in [3.05, 3.63) is 40.7 Å². The molecule has 0 aliphatic rings. The van der Waals surface area contributed by atoms with Crippen molar-refractivity contribution in [3.8, 4) is 11.8 Å². The lowest BCUT2D eigenvalue weighted by Crippen LogP contribution is -2.05. The molecule has 4 aromatic heterocycles. The highest BCUT2D eigenvalue weighted by atomic mass is 16.5. The Labute approximate surface area is 156 Å². The number of rotatable bonds is 5. The second-order valence-electron chi connectivity index (χ2n) is 6.36. The van der Waals surface area contributed by atoms with Crippen LogP contribution in [0.4, 0.5) is 0 Å². The second kappa shape index (κ2) is 6.53. The Morgan fingerprint density at radius 3 is 2.56 bits per heavy atom. The maximum absolute atomic E-state index is 6.10. The van der Waals surface area contributed by atoms with Crippen LogP contribution in [-0.2, 0) is 13.0 Å². The van der Waals surface area contributed by atoms with Crippen molar-refractivity contribution in [2.24, 2.45) is 0 Å². The van der Waals surface area contributed by atoms with Crippen molar-refractivity contribution in [2.45, 2.75) is 40.7 Å². The number of methoxy groups -OCH3 is 1. The summed E-state index contributed by atoms with van der Waals surface area (Å²) in [4.78, 5) is 14.0. The first-order valence-corrected chi connectivity index (χ1v) is 8.80. The topological polar surface area (TPSA) is 87.6 Å². The van der Waals surface area contributed by atoms with E-state index in [1.54, 1.807) is 13.2 Å². The van der Waals surface area contributed by atoms with Gasteiger partial charge < -0.3 is 14.0 Å². The summed E-state index contributed by atoms with van der Waals surface area (Å²) in [6.45, 7) is 8.10. The fraction of sp³-hybridized carbons (Fsp3) is 0.368. The van der Waals surface area contributed by atoms with E-state index in [1.807, 2.05) is 31.2 Å². The predicted octanol–water partition coefficient (Wildman–Crippen LogP) is 3.34. The van der Waals surface area contributed by atoms with E-state index in [4.69, 9.17) is 19.0 Å². The van der Waals surface area contributed by atoms with Crippen LogP contribution in [-0.4, -0.2) is 31.6 Å². The van der Waals surface area contributed by atoms with Crippen LogP contribution in [0, 0.1) is 20.8 Å². The second-order valence-corrected chi connectivity index (χ2v) is 6.36. The number of aromatic nitrogens is 5. The summed E-state index contributed by atoms with van der Waals surface area (Å²) >= 11 is 0. The fourth-order valence-corrected chi connectivity index (χ4v) is 3.20. The van der Waals surface area contributed by atoms with E-state index < -0.39 is 0 Å². The van der Waals surface area contributed by atoms with E-state index in [0.29, 0.717) is 29.5 Å². The Morgan fingerprint density at radius 1 is 1.07 bits per heavy atom. The highest BCUT2D eigenvalue weighted by Gasteiger charge is 2.19. The average molecular weight is 367 g/mol. The molecule has 0 fully saturated rings. The van der Waals surface area contributed by atoms with Crippen molar-refractivity contribution in [2.75, 3.05) is 7.11 Å². The Hall–Kier alpha value is -3.16. The largest absolute Gasteiger partial charge is 0.481 e. The molecule has 4 aromatic rings. The normalized spacial score (nSPS) is 11.4. The van der Waals surface area contributed by atoms with Crippen LogP contribution in [0.3, 0.4) is 0 Å². The maximum atomic E-state index is 6.10. The first-order chi connectivity index (χ1) is 13.0. The molecule has 0 aliphatic carbocycles. The molecule has 0 N–H and O–H groups in total. The maximum Gasteiger partial charge on any atom is 0.241 e. The number of hydrogen-bond acceptors (Lipinski definition) is 7. The van der Waals surface area contributed by atoms with Gasteiger partial charge in [-0.15, -0.1) is 0 Å². The Kier molecular flexibility index (Phi) is 4.18. The van der Waals surface area contributed by atoms with E-state index in [-0.39, 0.29) is 0 Å². The third-order valence-electron chi connectivity index (χ3n) is 4.65. The van der Waals surface area contributed by atoms with E-state index in [0.717, 1.165) is 40.5 Å². The zero-order valence-electron chi connectivity index (χ0n) is 16.0. The molecule has 140 valence electrons. The van der Waals surface area contributed by atoms with Crippen LogP contribution in [0.25, 0.3) is 16.7 Å². The third-order valence-corrected chi connectivity index (χ3v) is 4.65. The highest BCUT2D eigenvalue weighted by Crippen LogP contribution is 2.29. The number of ether oxygens (including phenoxy) is 2. The molecule has 0 atom stereocenters. The van der Waals surface area contributed by atoms with Gasteiger partial charge in [-0.25, -0.2) is 9.97 Å². The summed E-state index contributed by atoms with van der Waals surface area (Å²) in [6, 6.07) is 3.66. The van der Waals surface area contributed by atoms with Crippen LogP contribution in [0.2, 0.25) is 0 Å². The quantitative estimate of drug-likeness (QED) is 0.534. The minimum absolute atomic E-state index is 0.324. The molecule has 4 heterocycles. The number of hydrogen-bond donors (Lipinski definition) is 0. The highest BCUT2D eigenvalue weighted by molar-refractivity contribution is 5.79. The molecule has 0 radical (unpaired) electrons. The summed E-state index contributed by atoms with van der Waals surface area (Å²) < 4.78 is 18.6. The first-order valence-electron chi connectivity index (χ1n) is 8.80. The molecule has 8 heteroatoms. The van der Waals surface area contributed by atoms with Gasteiger partial charge in [-0.05, 0) is 26.8 Å². The zero-order chi connectivity index (χ0) is 19.1. The lowest BCUT2D eigenvalue weighted by atomic mass is 10.2. The number of pyridine rings is 1. The third kappa shape index (κ3) is 2.77. The van der Waals surface area contributed by atoms with Crippen LogP contribution >= 0.6 is 0 Å². The minimum atomic E-state index is 0.324. The molecule has 0 saturated heterocycles. The Balaban J connectivity index is 1.90. The molecular formula is C19H21N5O3. The summed E-state index contributed by atoms with van der Waals surface area (Å²) in [7, 11) is 1.60. The van der Waals surface area contributed by atoms with Crippen molar-refractivity contribution >= 4 is 16.7 Å². The molecule has 0 aliphatic heterocycles. The number of nitrogens with zero attached hydrogens (tertiary/aromatic N) is 5. The zero-order valence-corrected chi connectivity index (χ0v) is 16.0. The summed E-state index contributed by atoms with van der Waals surface area (Å²) in [6.07, 6.45) is 0.760. The van der Waals surface area contributed by atoms with Crippen molar-refractivity contribution in [1.29, 1.82) is 0 Å². The van der Waals surface area contributed by atoms with Gasteiger partial charge in [0.2, 0.25) is 11.8 Å². The van der Waals surface area contributed by atoms with Gasteiger partial charge in [-0.1, -0.05) is 12.1 Å². The molecule has 0 amide bonds. The van der Waals surface area contributed by atoms with Crippen LogP contribution < -0.4 is 9.47 Å². The van der Waals surface area contributed by atoms with Gasteiger partial charge in [0.15, 0.2) is 5.65 Å². The Bertz CT molecular complexity index is 1130. The molecule has 0 aromatic carbocycles. The lowest BCUT2D eigenvalue weighted by Gasteiger charge is -2.11. The smallest absolute Gasteiger partial charge is 0.241 e. The van der Waals surface area contributed by atoms with E-state index in [9.17, 15) is 0 Å². The van der Waals surface area contributed by atoms with Crippen LogP contribution in [0.15, 0.2) is 16.7 Å². The molecule has 4 rings (SSSR count). The van der Waals surface area contributed by atoms with Gasteiger partial charge in [0.25, 0.3) is 0 Å². The molecule has 0 unspecified atom stereocenters. The van der Waals surface area contributed by atoms with E-state index in [2.05, 4.69) is 22.0 Å². The molecule has 0 saturated carbocycles. The summed E-state index contributed by atoms with van der Waals surface area (Å²) in [5, 5.41) is 3.98. The average Bonchev–Trinajstić information content (AvgIpc) is 3.19. The first kappa shape index (κ1) is 17.3. The molecule has 0 bridgehead atoms. The monoisotopic (exact) mass is 367 g/mol. The molecular weight excluding hydrogens is 346 g/mol. The number of fused-ring (bicyclic) bond motifs is 3. The van der Waals surface area contributed by atoms with Gasteiger partial charge in [-0.3, -0.25) is 4.40 Å². The summed E-state index contributed by atoms with van der Waals surface area (Å²) in [5.41, 5.74) is 4.81. The summed E-state index contributed by atoms with van der Waals surface area (Å²) in [5.74, 6) is 2.69. The molecule has 27 heavy (non-hydrogen) atoms. The number of aryl methyl sites for hydroxylation is 4. The van der Waals surface area contributed by atoms with Gasteiger partial charge in [0, 0.05) is 12.5 Å². The molecule has 8 nitrogen and oxygen atoms in total. The van der Waals surface area contributed by atoms with Crippen molar-refractivity contribution in [3.63, 3.8) is 0 Å². The standard InChI is InChI=1S/C19H21N5O3/c1-6-15-20-11(3)17-19(26-9-13-10(2)23-27-12(13)4)21-14-7-8-16(25-5)22-18(14)24(15)17/h7-8H,6,9H2,1-5H3. The van der Waals surface area contributed by atoms with E-state index >= 15 is 0 Å². The van der Waals surface area contributed by atoms with Gasteiger partial charge >= 0.3 is 0 Å².